The van der Waals surface area contributed by atoms with Crippen molar-refractivity contribution in [1.82, 2.24) is 35.6 Å². The van der Waals surface area contributed by atoms with Crippen LogP contribution in [0.25, 0.3) is 0 Å². The summed E-state index contributed by atoms with van der Waals surface area (Å²) in [7, 11) is 0. The van der Waals surface area contributed by atoms with E-state index in [9.17, 15) is 86.9 Å². The fourth-order valence-electron chi connectivity index (χ4n) is 5.50. The summed E-state index contributed by atoms with van der Waals surface area (Å²) >= 11 is 0. The smallest absolute Gasteiger partial charge is 0.323 e. The Balaban J connectivity index is 4.99. The summed E-state index contributed by atoms with van der Waals surface area (Å²) in [5, 5.41) is 43.3. The van der Waals surface area contributed by atoms with Gasteiger partial charge in [-0.25, -0.2) is 0 Å². The third-order valence-electron chi connectivity index (χ3n) is 8.94. The number of rotatable bonds is 38. The molecular weight excluding hydrogens is 914 g/mol. The van der Waals surface area contributed by atoms with Gasteiger partial charge in [0.05, 0.1) is 39.3 Å². The molecule has 0 rings (SSSR count). The van der Waals surface area contributed by atoms with Crippen molar-refractivity contribution in [3.8, 4) is 0 Å². The van der Waals surface area contributed by atoms with Crippen LogP contribution in [0.1, 0.15) is 64.2 Å². The molecule has 0 bridgehead atoms. The molecule has 0 aromatic rings. The minimum atomic E-state index is -1.50. The zero-order chi connectivity index (χ0) is 51.9. The summed E-state index contributed by atoms with van der Waals surface area (Å²) in [6.07, 6.45) is -4.01. The van der Waals surface area contributed by atoms with Gasteiger partial charge in [0.25, 0.3) is 0 Å². The van der Waals surface area contributed by atoms with E-state index in [2.05, 4.69) is 16.0 Å². The minimum absolute atomic E-state index is 0.0635. The van der Waals surface area contributed by atoms with E-state index < -0.39 is 205 Å². The summed E-state index contributed by atoms with van der Waals surface area (Å²) in [5.41, 5.74) is 10.3. The Hall–Kier alpha value is -7.56. The highest BCUT2D eigenvalue weighted by atomic mass is 16.4. The Morgan fingerprint density at radius 3 is 1.12 bits per heavy atom. The Kier molecular flexibility index (Phi) is 29.3. The van der Waals surface area contributed by atoms with Crippen LogP contribution in [0.4, 0.5) is 0 Å². The molecule has 68 heavy (non-hydrogen) atoms. The van der Waals surface area contributed by atoms with E-state index in [0.29, 0.717) is 19.6 Å². The normalized spacial score (nSPS) is 10.4. The number of nitrogens with zero attached hydrogens (tertiary/aromatic N) is 4. The summed E-state index contributed by atoms with van der Waals surface area (Å²) < 4.78 is 0. The van der Waals surface area contributed by atoms with Crippen molar-refractivity contribution in [2.75, 3.05) is 85.1 Å². The van der Waals surface area contributed by atoms with Crippen molar-refractivity contribution in [2.24, 2.45) is 11.5 Å². The number of nitrogens with one attached hydrogen (secondary N) is 3. The third-order valence-corrected chi connectivity index (χ3v) is 8.94. The van der Waals surface area contributed by atoms with Gasteiger partial charge >= 0.3 is 23.9 Å². The van der Waals surface area contributed by atoms with Gasteiger partial charge in [-0.15, -0.1) is 0 Å². The van der Waals surface area contributed by atoms with Gasteiger partial charge in [0, 0.05) is 64.3 Å². The maximum absolute atomic E-state index is 12.8. The summed E-state index contributed by atoms with van der Waals surface area (Å²) in [5.74, 6) is -15.2. The lowest BCUT2D eigenvalue weighted by Gasteiger charge is -2.21. The first-order chi connectivity index (χ1) is 31.9. The van der Waals surface area contributed by atoms with E-state index in [-0.39, 0.29) is 38.8 Å². The summed E-state index contributed by atoms with van der Waals surface area (Å²) in [6, 6.07) is 0. The van der Waals surface area contributed by atoms with E-state index in [0.717, 1.165) is 0 Å². The lowest BCUT2D eigenvalue weighted by molar-refractivity contribution is -0.146. The van der Waals surface area contributed by atoms with Crippen molar-refractivity contribution in [3.05, 3.63) is 0 Å². The van der Waals surface area contributed by atoms with Crippen LogP contribution in [0.2, 0.25) is 0 Å². The standard InChI is InChI=1S/C39H57N9O20/c40-12-25(50)6-9-32(57)46(21-37(63)64)17-28(53)4-3-24(49)5-8-34(59)47(22-38(65)66)18-30(55)42-11-1-2-27(52)16-45(20-36(61)62)33(58)10-7-26(51)14-43-31(56)19-48(23-39(67)68)35(60)15-44-29(54)13-41/h1-23,40-41H2,(H,42,55)(H,43,56)(H,44,54)(H,61,62)(H,63,64)(H,65,66)(H,67,68). The summed E-state index contributed by atoms with van der Waals surface area (Å²) in [6.45, 7) is -8.92. The van der Waals surface area contributed by atoms with Crippen molar-refractivity contribution >= 4 is 94.1 Å². The molecule has 0 aromatic heterocycles. The first-order valence-corrected chi connectivity index (χ1v) is 20.6. The second-order valence-electron chi connectivity index (χ2n) is 14.7. The molecule has 11 N–H and O–H groups in total. The number of aliphatic carboxylic acids is 4. The van der Waals surface area contributed by atoms with Crippen LogP contribution in [-0.2, 0) is 76.7 Å². The molecule has 0 aliphatic heterocycles. The predicted octanol–water partition coefficient (Wildman–Crippen LogP) is -6.35. The number of amides is 7. The van der Waals surface area contributed by atoms with E-state index in [1.807, 2.05) is 0 Å². The van der Waals surface area contributed by atoms with Crippen molar-refractivity contribution in [2.45, 2.75) is 64.2 Å². The lowest BCUT2D eigenvalue weighted by Crippen LogP contribution is -2.48. The molecule has 0 radical (unpaired) electrons. The molecule has 0 saturated carbocycles. The van der Waals surface area contributed by atoms with Gasteiger partial charge < -0.3 is 67.4 Å². The van der Waals surface area contributed by atoms with Gasteiger partial charge in [-0.1, -0.05) is 0 Å². The second-order valence-corrected chi connectivity index (χ2v) is 14.7. The van der Waals surface area contributed by atoms with E-state index in [1.165, 1.54) is 0 Å². The minimum Gasteiger partial charge on any atom is -0.480 e. The van der Waals surface area contributed by atoms with Crippen LogP contribution >= 0.6 is 0 Å². The van der Waals surface area contributed by atoms with Crippen LogP contribution in [0.15, 0.2) is 0 Å². The van der Waals surface area contributed by atoms with Gasteiger partial charge in [-0.3, -0.25) is 76.7 Å². The SMILES string of the molecule is NCC(=O)CCC(=O)N(CC(=O)O)CC(=O)CCC(=O)CCC(=O)N(CC(=O)O)CC(=O)NCCCC(=O)CN(CC(=O)O)C(=O)CCC(=O)CNC(=O)CN(CC(=O)O)C(=O)CNC(=O)CN. The van der Waals surface area contributed by atoms with Gasteiger partial charge in [-0.05, 0) is 6.42 Å². The molecule has 29 heteroatoms. The molecule has 0 aliphatic rings. The Bertz CT molecular complexity index is 1790. The van der Waals surface area contributed by atoms with Gasteiger partial charge in [0.15, 0.2) is 17.3 Å². The first kappa shape index (κ1) is 60.4. The zero-order valence-corrected chi connectivity index (χ0v) is 37.0. The Morgan fingerprint density at radius 2 is 0.676 bits per heavy atom. The van der Waals surface area contributed by atoms with E-state index >= 15 is 0 Å². The predicted molar refractivity (Wildman–Crippen MR) is 225 cm³/mol. The molecule has 0 unspecified atom stereocenters. The molecule has 0 heterocycles. The van der Waals surface area contributed by atoms with E-state index in [4.69, 9.17) is 21.7 Å². The number of carbonyl (C=O) groups excluding carboxylic acids is 12. The third kappa shape index (κ3) is 29.1. The Morgan fingerprint density at radius 1 is 0.324 bits per heavy atom. The second kappa shape index (κ2) is 33.0. The highest BCUT2D eigenvalue weighted by molar-refractivity contribution is 5.95. The number of hydrogen-bond donors (Lipinski definition) is 9. The molecule has 378 valence electrons. The van der Waals surface area contributed by atoms with Crippen LogP contribution in [0.5, 0.6) is 0 Å². The molecule has 0 aliphatic carbocycles. The molecule has 0 fully saturated rings. The maximum Gasteiger partial charge on any atom is 0.323 e. The fourth-order valence-corrected chi connectivity index (χ4v) is 5.50. The van der Waals surface area contributed by atoms with Gasteiger partial charge in [0.2, 0.25) is 41.4 Å². The Labute approximate surface area is 387 Å². The first-order valence-electron chi connectivity index (χ1n) is 20.6. The highest BCUT2D eigenvalue weighted by Gasteiger charge is 2.25. The molecule has 7 amide bonds. The summed E-state index contributed by atoms with van der Waals surface area (Å²) in [4.78, 5) is 195. The molecule has 0 atom stereocenters. The van der Waals surface area contributed by atoms with Crippen molar-refractivity contribution < 1.29 is 97.1 Å². The molecule has 0 aromatic carbocycles. The van der Waals surface area contributed by atoms with Crippen LogP contribution in [-0.4, -0.2) is 219 Å². The zero-order valence-electron chi connectivity index (χ0n) is 37.0. The van der Waals surface area contributed by atoms with Crippen LogP contribution in [0.3, 0.4) is 0 Å². The molecule has 29 nitrogen and oxygen atoms in total. The number of hydrogen-bond acceptors (Lipinski definition) is 18. The number of nitrogens with two attached hydrogens (primary N) is 2. The van der Waals surface area contributed by atoms with Crippen molar-refractivity contribution in [1.29, 1.82) is 0 Å². The number of carboxylic acids is 4. The van der Waals surface area contributed by atoms with E-state index in [1.54, 1.807) is 0 Å². The quantitative estimate of drug-likeness (QED) is 0.0260. The number of carbonyl (C=O) groups is 16. The number of carboxylic acid groups (broad SMARTS) is 4. The maximum atomic E-state index is 12.8. The van der Waals surface area contributed by atoms with Crippen LogP contribution in [0, 0.1) is 0 Å². The highest BCUT2D eigenvalue weighted by Crippen LogP contribution is 2.07. The van der Waals surface area contributed by atoms with Crippen LogP contribution < -0.4 is 27.4 Å². The van der Waals surface area contributed by atoms with Gasteiger partial charge in [0.1, 0.15) is 50.8 Å². The fraction of sp³-hybridized carbons (Fsp3) is 0.590. The molecule has 0 spiro atoms. The average molecular weight is 972 g/mol. The average Bonchev–Trinajstić information content (AvgIpc) is 3.26. The largest absolute Gasteiger partial charge is 0.480 e. The van der Waals surface area contributed by atoms with Gasteiger partial charge in [-0.2, -0.15) is 0 Å². The monoisotopic (exact) mass is 971 g/mol. The molecule has 0 saturated heterocycles. The number of ketones is 5. The molecular formula is C39H57N9O20. The topological polar surface area (TPSA) is 455 Å². The van der Waals surface area contributed by atoms with Crippen molar-refractivity contribution in [3.63, 3.8) is 0 Å². The lowest BCUT2D eigenvalue weighted by atomic mass is 10.1. The number of Topliss-reactive ketones (excluding diaryl/α,β-unsaturated/α-hetero) is 5.